The van der Waals surface area contributed by atoms with Gasteiger partial charge < -0.3 is 4.48 Å². The minimum Gasteiger partial charge on any atom is -0.320 e. The summed E-state index contributed by atoms with van der Waals surface area (Å²) in [4.78, 5) is 12.8. The van der Waals surface area contributed by atoms with Crippen LogP contribution in [0.3, 0.4) is 0 Å². The van der Waals surface area contributed by atoms with Gasteiger partial charge in [-0.2, -0.15) is 0 Å². The molecule has 138 valence electrons. The number of Topliss-reactive ketones (excluding diaryl/α,β-unsaturated/α-hetero) is 1. The van der Waals surface area contributed by atoms with Crippen LogP contribution < -0.4 is 0 Å². The second-order valence-electron chi connectivity index (χ2n) is 9.88. The first-order valence-corrected chi connectivity index (χ1v) is 10.7. The highest BCUT2D eigenvalue weighted by atomic mass is 16.1. The Balaban J connectivity index is 1.97. The van der Waals surface area contributed by atoms with E-state index in [1.165, 1.54) is 56.0 Å². The summed E-state index contributed by atoms with van der Waals surface area (Å²) in [6.07, 6.45) is 12.4. The molecule has 0 N–H and O–H groups in total. The van der Waals surface area contributed by atoms with Crippen molar-refractivity contribution in [2.24, 2.45) is 16.7 Å². The summed E-state index contributed by atoms with van der Waals surface area (Å²) in [5.74, 6) is 1.45. The quantitative estimate of drug-likeness (QED) is 0.633. The van der Waals surface area contributed by atoms with Crippen LogP contribution in [0.5, 0.6) is 0 Å². The van der Waals surface area contributed by atoms with E-state index in [0.29, 0.717) is 17.2 Å². The summed E-state index contributed by atoms with van der Waals surface area (Å²) < 4.78 is 1.21. The lowest BCUT2D eigenvalue weighted by Gasteiger charge is -2.66. The molecule has 0 aromatic heterocycles. The molecule has 0 aromatic carbocycles. The number of hydrogen-bond acceptors (Lipinski definition) is 1. The van der Waals surface area contributed by atoms with Crippen molar-refractivity contribution in [3.63, 3.8) is 0 Å². The molecule has 3 fully saturated rings. The molecule has 0 spiro atoms. The van der Waals surface area contributed by atoms with E-state index in [4.69, 9.17) is 0 Å². The summed E-state index contributed by atoms with van der Waals surface area (Å²) in [6, 6.07) is 1.35. The Labute approximate surface area is 150 Å². The van der Waals surface area contributed by atoms with Gasteiger partial charge in [0.25, 0.3) is 0 Å². The van der Waals surface area contributed by atoms with Gasteiger partial charge in [0, 0.05) is 31.1 Å². The van der Waals surface area contributed by atoms with E-state index < -0.39 is 0 Å². The summed E-state index contributed by atoms with van der Waals surface area (Å²) in [6.45, 7) is 11.0. The lowest BCUT2D eigenvalue weighted by Crippen LogP contribution is -2.75. The van der Waals surface area contributed by atoms with Crippen molar-refractivity contribution in [3.8, 4) is 0 Å². The molecular weight excluding hydrogens is 294 g/mol. The van der Waals surface area contributed by atoms with Crippen LogP contribution in [0.15, 0.2) is 0 Å². The molecule has 2 saturated heterocycles. The first kappa shape index (κ1) is 18.4. The van der Waals surface area contributed by atoms with Crippen molar-refractivity contribution in [1.29, 1.82) is 0 Å². The Hall–Kier alpha value is -0.370. The maximum absolute atomic E-state index is 12.8. The average molecular weight is 335 g/mol. The molecule has 3 rings (SSSR count). The molecule has 3 aliphatic rings. The largest absolute Gasteiger partial charge is 0.320 e. The van der Waals surface area contributed by atoms with Gasteiger partial charge in [0.15, 0.2) is 0 Å². The predicted molar refractivity (Wildman–Crippen MR) is 101 cm³/mol. The topological polar surface area (TPSA) is 17.1 Å². The molecule has 2 aliphatic heterocycles. The molecule has 1 saturated carbocycles. The molecule has 1 aliphatic carbocycles. The van der Waals surface area contributed by atoms with Gasteiger partial charge in [-0.1, -0.05) is 40.0 Å². The standard InChI is InChI=1S/C22H40NO/c1-6-8-14-21(3)17(7-2)13-16-23(5)18-10-9-11-20(24)22(18,4)15-12-19(21)23/h17-19H,6-16H2,1-5H3/q+1. The van der Waals surface area contributed by atoms with Crippen molar-refractivity contribution in [2.75, 3.05) is 13.6 Å². The van der Waals surface area contributed by atoms with Crippen molar-refractivity contribution in [2.45, 2.75) is 104 Å². The number of ketones is 1. The number of hydrogen-bond donors (Lipinski definition) is 0. The van der Waals surface area contributed by atoms with E-state index in [2.05, 4.69) is 34.7 Å². The first-order chi connectivity index (χ1) is 11.3. The number of carbonyl (C=O) groups is 1. The van der Waals surface area contributed by atoms with Crippen LogP contribution in [0.25, 0.3) is 0 Å². The van der Waals surface area contributed by atoms with Crippen LogP contribution in [0, 0.1) is 16.7 Å². The third-order valence-electron chi connectivity index (χ3n) is 8.83. The van der Waals surface area contributed by atoms with E-state index in [1.807, 2.05) is 0 Å². The smallest absolute Gasteiger partial charge is 0.144 e. The lowest BCUT2D eigenvalue weighted by molar-refractivity contribution is -0.981. The zero-order valence-corrected chi connectivity index (χ0v) is 16.9. The minimum atomic E-state index is -0.0335. The molecule has 2 heterocycles. The van der Waals surface area contributed by atoms with E-state index in [-0.39, 0.29) is 5.41 Å². The third-order valence-corrected chi connectivity index (χ3v) is 8.83. The average Bonchev–Trinajstić information content (AvgIpc) is 2.55. The summed E-state index contributed by atoms with van der Waals surface area (Å²) in [7, 11) is 2.53. The fourth-order valence-corrected chi connectivity index (χ4v) is 7.40. The molecule has 6 unspecified atom stereocenters. The van der Waals surface area contributed by atoms with E-state index in [0.717, 1.165) is 31.2 Å². The van der Waals surface area contributed by atoms with Crippen LogP contribution in [-0.2, 0) is 4.79 Å². The van der Waals surface area contributed by atoms with E-state index in [1.54, 1.807) is 0 Å². The fourth-order valence-electron chi connectivity index (χ4n) is 7.40. The van der Waals surface area contributed by atoms with Gasteiger partial charge in [-0.15, -0.1) is 0 Å². The number of nitrogens with zero attached hydrogens (tertiary/aromatic N) is 1. The number of unbranched alkanes of at least 4 members (excludes halogenated alkanes) is 1. The zero-order chi connectivity index (χ0) is 17.6. The number of quaternary nitrogens is 1. The Morgan fingerprint density at radius 2 is 1.88 bits per heavy atom. The number of fused-ring (bicyclic) bond motifs is 3. The van der Waals surface area contributed by atoms with Gasteiger partial charge in [0.1, 0.15) is 11.8 Å². The highest BCUT2D eigenvalue weighted by Crippen LogP contribution is 2.58. The van der Waals surface area contributed by atoms with Crippen LogP contribution in [0.1, 0.15) is 91.9 Å². The molecule has 0 bridgehead atoms. The van der Waals surface area contributed by atoms with E-state index >= 15 is 0 Å². The van der Waals surface area contributed by atoms with Gasteiger partial charge in [-0.3, -0.25) is 4.79 Å². The molecule has 2 nitrogen and oxygen atoms in total. The highest BCUT2D eigenvalue weighted by Gasteiger charge is 2.64. The SMILES string of the molecule is CCCCC1(C)C(CC)CC[N+]2(C)C3CCCC(=O)C3(C)CCC12. The van der Waals surface area contributed by atoms with Crippen molar-refractivity contribution < 1.29 is 9.28 Å². The Morgan fingerprint density at radius 3 is 2.54 bits per heavy atom. The fraction of sp³-hybridized carbons (Fsp3) is 0.955. The molecule has 6 atom stereocenters. The molecule has 0 amide bonds. The maximum atomic E-state index is 12.8. The molecular formula is C22H40NO+. The zero-order valence-electron chi connectivity index (χ0n) is 16.9. The number of carbonyl (C=O) groups excluding carboxylic acids is 1. The number of piperidine rings is 2. The van der Waals surface area contributed by atoms with Crippen molar-refractivity contribution in [1.82, 2.24) is 0 Å². The van der Waals surface area contributed by atoms with Gasteiger partial charge in [0.05, 0.1) is 25.0 Å². The van der Waals surface area contributed by atoms with Crippen molar-refractivity contribution >= 4 is 5.78 Å². The highest BCUT2D eigenvalue weighted by molar-refractivity contribution is 5.86. The van der Waals surface area contributed by atoms with Gasteiger partial charge in [-0.25, -0.2) is 0 Å². The predicted octanol–water partition coefficient (Wildman–Crippen LogP) is 5.35. The molecule has 0 aromatic rings. The number of rotatable bonds is 4. The summed E-state index contributed by atoms with van der Waals surface area (Å²) in [5.41, 5.74) is 0.438. The Bertz CT molecular complexity index is 488. The van der Waals surface area contributed by atoms with E-state index in [9.17, 15) is 4.79 Å². The minimum absolute atomic E-state index is 0.0335. The van der Waals surface area contributed by atoms with Crippen LogP contribution >= 0.6 is 0 Å². The van der Waals surface area contributed by atoms with Crippen LogP contribution in [0.2, 0.25) is 0 Å². The van der Waals surface area contributed by atoms with Gasteiger partial charge in [0.2, 0.25) is 0 Å². The second kappa shape index (κ2) is 6.41. The lowest BCUT2D eigenvalue weighted by atomic mass is 9.55. The normalized spacial score (nSPS) is 48.7. The first-order valence-electron chi connectivity index (χ1n) is 10.7. The molecule has 2 heteroatoms. The molecule has 0 radical (unpaired) electrons. The van der Waals surface area contributed by atoms with Crippen LogP contribution in [0.4, 0.5) is 0 Å². The second-order valence-corrected chi connectivity index (χ2v) is 9.88. The molecule has 24 heavy (non-hydrogen) atoms. The van der Waals surface area contributed by atoms with Gasteiger partial charge >= 0.3 is 0 Å². The Kier molecular flexibility index (Phi) is 4.92. The summed E-state index contributed by atoms with van der Waals surface area (Å²) >= 11 is 0. The third kappa shape index (κ3) is 2.50. The van der Waals surface area contributed by atoms with Gasteiger partial charge in [-0.05, 0) is 32.1 Å². The Morgan fingerprint density at radius 1 is 1.12 bits per heavy atom. The maximum Gasteiger partial charge on any atom is 0.144 e. The van der Waals surface area contributed by atoms with Crippen molar-refractivity contribution in [3.05, 3.63) is 0 Å². The van der Waals surface area contributed by atoms with Crippen LogP contribution in [-0.4, -0.2) is 35.9 Å². The monoisotopic (exact) mass is 334 g/mol. The summed E-state index contributed by atoms with van der Waals surface area (Å²) in [5, 5.41) is 0.